The van der Waals surface area contributed by atoms with Crippen molar-refractivity contribution in [2.24, 2.45) is 0 Å². The number of benzene rings is 2. The molecule has 2 aromatic carbocycles. The Kier molecular flexibility index (Phi) is 5.46. The Morgan fingerprint density at radius 3 is 2.43 bits per heavy atom. The van der Waals surface area contributed by atoms with Crippen molar-refractivity contribution in [3.8, 4) is 11.3 Å². The first kappa shape index (κ1) is 20.3. The third-order valence-electron chi connectivity index (χ3n) is 4.89. The summed E-state index contributed by atoms with van der Waals surface area (Å²) in [4.78, 5) is 22.6. The Morgan fingerprint density at radius 2 is 1.70 bits per heavy atom. The second-order valence-electron chi connectivity index (χ2n) is 7.23. The van der Waals surface area contributed by atoms with E-state index in [1.807, 2.05) is 63.2 Å². The molecule has 0 saturated heterocycles. The van der Waals surface area contributed by atoms with Gasteiger partial charge < -0.3 is 5.32 Å². The van der Waals surface area contributed by atoms with Gasteiger partial charge in [-0.1, -0.05) is 41.4 Å². The summed E-state index contributed by atoms with van der Waals surface area (Å²) in [5.41, 5.74) is 5.24. The average Bonchev–Trinajstić information content (AvgIpc) is 2.67. The minimum atomic E-state index is -0.241. The molecule has 0 bridgehead atoms. The number of pyridine rings is 2. The van der Waals surface area contributed by atoms with Crippen LogP contribution in [0.1, 0.15) is 27.2 Å². The summed E-state index contributed by atoms with van der Waals surface area (Å²) in [6, 6.07) is 16.6. The smallest absolute Gasteiger partial charge is 0.257 e. The van der Waals surface area contributed by atoms with Gasteiger partial charge in [-0.05, 0) is 68.3 Å². The zero-order valence-corrected chi connectivity index (χ0v) is 18.3. The molecule has 0 fully saturated rings. The Morgan fingerprint density at radius 1 is 0.933 bits per heavy atom. The highest BCUT2D eigenvalue weighted by atomic mass is 35.5. The number of hydrogen-bond donors (Lipinski definition) is 1. The van der Waals surface area contributed by atoms with E-state index in [0.717, 1.165) is 27.8 Å². The monoisotopic (exact) mass is 435 g/mol. The zero-order chi connectivity index (χ0) is 21.4. The standard InChI is InChI=1S/C24H19Cl2N3O/c1-13-10-14(2)27-21(11-13)29-24(30)22-15(3)23(17-9-8-16(25)12-19(17)26)28-20-7-5-4-6-18(20)22/h4-12H,1-3H3,(H,27,29,30). The van der Waals surface area contributed by atoms with Crippen LogP contribution in [0.4, 0.5) is 5.82 Å². The highest BCUT2D eigenvalue weighted by Gasteiger charge is 2.20. The van der Waals surface area contributed by atoms with Crippen LogP contribution in [0.15, 0.2) is 54.6 Å². The van der Waals surface area contributed by atoms with Crippen LogP contribution in [0.5, 0.6) is 0 Å². The van der Waals surface area contributed by atoms with Gasteiger partial charge in [0.25, 0.3) is 5.91 Å². The summed E-state index contributed by atoms with van der Waals surface area (Å²) in [6.07, 6.45) is 0. The molecule has 2 heterocycles. The number of aromatic nitrogens is 2. The predicted octanol–water partition coefficient (Wildman–Crippen LogP) is 6.78. The molecule has 2 aromatic heterocycles. The van der Waals surface area contributed by atoms with Crippen LogP contribution in [-0.4, -0.2) is 15.9 Å². The molecule has 1 amide bonds. The van der Waals surface area contributed by atoms with Crippen molar-refractivity contribution in [1.82, 2.24) is 9.97 Å². The quantitative estimate of drug-likeness (QED) is 0.385. The van der Waals surface area contributed by atoms with Crippen LogP contribution in [0.25, 0.3) is 22.2 Å². The van der Waals surface area contributed by atoms with E-state index in [4.69, 9.17) is 28.2 Å². The fourth-order valence-electron chi connectivity index (χ4n) is 3.63. The Labute approximate surface area is 184 Å². The number of amides is 1. The molecule has 0 aliphatic carbocycles. The van der Waals surface area contributed by atoms with Crippen LogP contribution < -0.4 is 5.32 Å². The van der Waals surface area contributed by atoms with E-state index in [1.165, 1.54) is 0 Å². The first-order chi connectivity index (χ1) is 14.3. The predicted molar refractivity (Wildman–Crippen MR) is 124 cm³/mol. The first-order valence-electron chi connectivity index (χ1n) is 9.45. The van der Waals surface area contributed by atoms with E-state index in [1.54, 1.807) is 12.1 Å². The lowest BCUT2D eigenvalue weighted by Gasteiger charge is -2.16. The number of aryl methyl sites for hydroxylation is 2. The minimum absolute atomic E-state index is 0.241. The molecule has 4 rings (SSSR count). The van der Waals surface area contributed by atoms with Crippen molar-refractivity contribution in [2.75, 3.05) is 5.32 Å². The summed E-state index contributed by atoms with van der Waals surface area (Å²) in [5.74, 6) is 0.277. The molecule has 4 aromatic rings. The molecule has 6 heteroatoms. The van der Waals surface area contributed by atoms with Gasteiger partial charge in [0.1, 0.15) is 5.82 Å². The number of para-hydroxylation sites is 1. The normalized spacial score (nSPS) is 11.0. The fraction of sp³-hybridized carbons (Fsp3) is 0.125. The van der Waals surface area contributed by atoms with E-state index in [0.29, 0.717) is 32.6 Å². The van der Waals surface area contributed by atoms with Crippen molar-refractivity contribution in [3.05, 3.63) is 87.0 Å². The summed E-state index contributed by atoms with van der Waals surface area (Å²) in [7, 11) is 0. The maximum absolute atomic E-state index is 13.4. The third kappa shape index (κ3) is 3.89. The first-order valence-corrected chi connectivity index (χ1v) is 10.2. The van der Waals surface area contributed by atoms with Gasteiger partial charge in [-0.3, -0.25) is 4.79 Å². The molecular formula is C24H19Cl2N3O. The molecule has 4 nitrogen and oxygen atoms in total. The van der Waals surface area contributed by atoms with E-state index in [-0.39, 0.29) is 5.91 Å². The zero-order valence-electron chi connectivity index (χ0n) is 16.8. The Balaban J connectivity index is 1.90. The molecule has 0 aliphatic rings. The number of halogens is 2. The van der Waals surface area contributed by atoms with Gasteiger partial charge >= 0.3 is 0 Å². The van der Waals surface area contributed by atoms with Crippen molar-refractivity contribution >= 4 is 45.8 Å². The minimum Gasteiger partial charge on any atom is -0.307 e. The lowest BCUT2D eigenvalue weighted by atomic mass is 9.97. The molecule has 0 unspecified atom stereocenters. The topological polar surface area (TPSA) is 54.9 Å². The summed E-state index contributed by atoms with van der Waals surface area (Å²) in [6.45, 7) is 5.75. The molecule has 0 atom stereocenters. The van der Waals surface area contributed by atoms with Gasteiger partial charge in [0.05, 0.1) is 21.8 Å². The van der Waals surface area contributed by atoms with Crippen LogP contribution >= 0.6 is 23.2 Å². The van der Waals surface area contributed by atoms with Crippen molar-refractivity contribution in [1.29, 1.82) is 0 Å². The van der Waals surface area contributed by atoms with Crippen LogP contribution in [0.2, 0.25) is 10.0 Å². The highest BCUT2D eigenvalue weighted by molar-refractivity contribution is 6.36. The molecule has 0 radical (unpaired) electrons. The maximum atomic E-state index is 13.4. The van der Waals surface area contributed by atoms with E-state index < -0.39 is 0 Å². The van der Waals surface area contributed by atoms with Gasteiger partial charge in [-0.25, -0.2) is 9.97 Å². The lowest BCUT2D eigenvalue weighted by molar-refractivity contribution is 0.102. The lowest BCUT2D eigenvalue weighted by Crippen LogP contribution is -2.16. The third-order valence-corrected chi connectivity index (χ3v) is 5.44. The van der Waals surface area contributed by atoms with Gasteiger partial charge in [0.2, 0.25) is 0 Å². The van der Waals surface area contributed by atoms with Crippen LogP contribution in [0.3, 0.4) is 0 Å². The van der Waals surface area contributed by atoms with Crippen molar-refractivity contribution < 1.29 is 4.79 Å². The van der Waals surface area contributed by atoms with Crippen LogP contribution in [0, 0.1) is 20.8 Å². The number of fused-ring (bicyclic) bond motifs is 1. The largest absolute Gasteiger partial charge is 0.307 e. The van der Waals surface area contributed by atoms with E-state index in [9.17, 15) is 4.79 Å². The van der Waals surface area contributed by atoms with Crippen LogP contribution in [-0.2, 0) is 0 Å². The molecule has 1 N–H and O–H groups in total. The number of nitrogens with one attached hydrogen (secondary N) is 1. The van der Waals surface area contributed by atoms with E-state index >= 15 is 0 Å². The summed E-state index contributed by atoms with van der Waals surface area (Å²) in [5, 5.41) is 4.74. The second kappa shape index (κ2) is 8.05. The maximum Gasteiger partial charge on any atom is 0.257 e. The fourth-order valence-corrected chi connectivity index (χ4v) is 4.13. The van der Waals surface area contributed by atoms with Gasteiger partial charge in [0.15, 0.2) is 0 Å². The number of rotatable bonds is 3. The summed E-state index contributed by atoms with van der Waals surface area (Å²) >= 11 is 12.5. The number of hydrogen-bond acceptors (Lipinski definition) is 3. The highest BCUT2D eigenvalue weighted by Crippen LogP contribution is 2.35. The Hall–Kier alpha value is -2.95. The van der Waals surface area contributed by atoms with Gasteiger partial charge in [0, 0.05) is 21.7 Å². The van der Waals surface area contributed by atoms with E-state index in [2.05, 4.69) is 10.3 Å². The van der Waals surface area contributed by atoms with Crippen molar-refractivity contribution in [2.45, 2.75) is 20.8 Å². The molecular weight excluding hydrogens is 417 g/mol. The molecule has 0 spiro atoms. The van der Waals surface area contributed by atoms with Gasteiger partial charge in [-0.15, -0.1) is 0 Å². The Bertz CT molecular complexity index is 1280. The summed E-state index contributed by atoms with van der Waals surface area (Å²) < 4.78 is 0. The molecule has 150 valence electrons. The number of anilines is 1. The van der Waals surface area contributed by atoms with Gasteiger partial charge in [-0.2, -0.15) is 0 Å². The number of carbonyl (C=O) groups is 1. The number of nitrogens with zero attached hydrogens (tertiary/aromatic N) is 2. The molecule has 0 saturated carbocycles. The number of carbonyl (C=O) groups excluding carboxylic acids is 1. The SMILES string of the molecule is Cc1cc(C)nc(NC(=O)c2c(C)c(-c3ccc(Cl)cc3Cl)nc3ccccc23)c1. The average molecular weight is 436 g/mol. The molecule has 30 heavy (non-hydrogen) atoms. The molecule has 0 aliphatic heterocycles. The second-order valence-corrected chi connectivity index (χ2v) is 8.07. The van der Waals surface area contributed by atoms with Crippen molar-refractivity contribution in [3.63, 3.8) is 0 Å².